The van der Waals surface area contributed by atoms with E-state index in [1.165, 1.54) is 24.3 Å². The van der Waals surface area contributed by atoms with Crippen molar-refractivity contribution in [3.05, 3.63) is 59.7 Å². The Morgan fingerprint density at radius 1 is 1.04 bits per heavy atom. The number of methoxy groups -OCH3 is 1. The van der Waals surface area contributed by atoms with Crippen LogP contribution in [0.25, 0.3) is 0 Å². The molecule has 2 aromatic rings. The largest absolute Gasteiger partial charge is 0.496 e. The summed E-state index contributed by atoms with van der Waals surface area (Å²) in [7, 11) is 1.57. The average molecular weight is 380 g/mol. The third-order valence-corrected chi connectivity index (χ3v) is 3.77. The van der Waals surface area contributed by atoms with Crippen molar-refractivity contribution in [2.24, 2.45) is 0 Å². The maximum atomic E-state index is 12.2. The second-order valence-corrected chi connectivity index (χ2v) is 5.74. The van der Waals surface area contributed by atoms with Gasteiger partial charge in [-0.3, -0.25) is 9.59 Å². The quantitative estimate of drug-likeness (QED) is 0.773. The Balaban J connectivity index is 1.80. The maximum Gasteiger partial charge on any atom is 0.471 e. The molecule has 5 nitrogen and oxygen atoms in total. The molecule has 0 radical (unpaired) electrons. The standard InChI is InChI=1S/C19H19F3N2O3/c1-27-16-5-3-2-4-14(16)8-11-17(25)23-12-13-6-9-15(10-7-13)24-18(26)19(20,21)22/h2-7,9-10H,8,11-12H2,1H3,(H,23,25)(H,24,26). The summed E-state index contributed by atoms with van der Waals surface area (Å²) < 4.78 is 41.8. The molecule has 0 aromatic heterocycles. The summed E-state index contributed by atoms with van der Waals surface area (Å²) in [5.41, 5.74) is 1.66. The van der Waals surface area contributed by atoms with E-state index in [1.807, 2.05) is 24.3 Å². The minimum absolute atomic E-state index is 0.0311. The summed E-state index contributed by atoms with van der Waals surface area (Å²) in [4.78, 5) is 22.8. The van der Waals surface area contributed by atoms with Crippen LogP contribution >= 0.6 is 0 Å². The fraction of sp³-hybridized carbons (Fsp3) is 0.263. The van der Waals surface area contributed by atoms with Gasteiger partial charge in [0.15, 0.2) is 0 Å². The lowest BCUT2D eigenvalue weighted by Crippen LogP contribution is -2.29. The van der Waals surface area contributed by atoms with Gasteiger partial charge in [0.05, 0.1) is 7.11 Å². The molecule has 0 aliphatic rings. The Labute approximate surface area is 154 Å². The number of amides is 2. The first-order valence-electron chi connectivity index (χ1n) is 8.15. The fourth-order valence-corrected chi connectivity index (χ4v) is 2.35. The number of benzene rings is 2. The molecule has 0 bridgehead atoms. The SMILES string of the molecule is COc1ccccc1CCC(=O)NCc1ccc(NC(=O)C(F)(F)F)cc1. The highest BCUT2D eigenvalue weighted by atomic mass is 19.4. The lowest BCUT2D eigenvalue weighted by Gasteiger charge is -2.10. The van der Waals surface area contributed by atoms with Crippen molar-refractivity contribution in [2.45, 2.75) is 25.6 Å². The number of carbonyl (C=O) groups is 2. The van der Waals surface area contributed by atoms with Gasteiger partial charge in [0.2, 0.25) is 5.91 Å². The molecule has 0 saturated carbocycles. The summed E-state index contributed by atoms with van der Waals surface area (Å²) in [6, 6.07) is 13.2. The lowest BCUT2D eigenvalue weighted by atomic mass is 10.1. The monoisotopic (exact) mass is 380 g/mol. The van der Waals surface area contributed by atoms with Gasteiger partial charge in [0.25, 0.3) is 0 Å². The minimum Gasteiger partial charge on any atom is -0.496 e. The Hall–Kier alpha value is -3.03. The number of anilines is 1. The molecule has 144 valence electrons. The summed E-state index contributed by atoms with van der Waals surface area (Å²) in [5, 5.41) is 4.50. The molecule has 8 heteroatoms. The minimum atomic E-state index is -4.94. The van der Waals surface area contributed by atoms with E-state index >= 15 is 0 Å². The van der Waals surface area contributed by atoms with E-state index < -0.39 is 12.1 Å². The third kappa shape index (κ3) is 6.32. The zero-order valence-electron chi connectivity index (χ0n) is 14.6. The van der Waals surface area contributed by atoms with Crippen molar-refractivity contribution in [1.82, 2.24) is 5.32 Å². The first-order chi connectivity index (χ1) is 12.8. The van der Waals surface area contributed by atoms with Gasteiger partial charge in [0, 0.05) is 18.7 Å². The van der Waals surface area contributed by atoms with Crippen LogP contribution < -0.4 is 15.4 Å². The van der Waals surface area contributed by atoms with Gasteiger partial charge >= 0.3 is 12.1 Å². The first-order valence-corrected chi connectivity index (χ1v) is 8.15. The molecule has 2 rings (SSSR count). The van der Waals surface area contributed by atoms with Gasteiger partial charge in [-0.05, 0) is 35.7 Å². The van der Waals surface area contributed by atoms with Gasteiger partial charge in [-0.25, -0.2) is 0 Å². The molecule has 0 atom stereocenters. The second-order valence-electron chi connectivity index (χ2n) is 5.74. The lowest BCUT2D eigenvalue weighted by molar-refractivity contribution is -0.167. The van der Waals surface area contributed by atoms with E-state index in [1.54, 1.807) is 12.4 Å². The maximum absolute atomic E-state index is 12.2. The number of aryl methyl sites for hydroxylation is 1. The number of halogens is 3. The van der Waals surface area contributed by atoms with E-state index in [2.05, 4.69) is 5.32 Å². The van der Waals surface area contributed by atoms with Crippen molar-refractivity contribution < 1.29 is 27.5 Å². The van der Waals surface area contributed by atoms with E-state index in [0.717, 1.165) is 11.3 Å². The summed E-state index contributed by atoms with van der Waals surface area (Å²) in [5.74, 6) is -1.46. The van der Waals surface area contributed by atoms with Crippen LogP contribution in [0.1, 0.15) is 17.5 Å². The molecule has 27 heavy (non-hydrogen) atoms. The van der Waals surface area contributed by atoms with Gasteiger partial charge in [0.1, 0.15) is 5.75 Å². The van der Waals surface area contributed by atoms with Crippen molar-refractivity contribution in [3.63, 3.8) is 0 Å². The highest BCUT2D eigenvalue weighted by molar-refractivity contribution is 5.94. The smallest absolute Gasteiger partial charge is 0.471 e. The predicted octanol–water partition coefficient (Wildman–Crippen LogP) is 3.45. The van der Waals surface area contributed by atoms with Crippen molar-refractivity contribution in [3.8, 4) is 5.75 Å². The zero-order valence-corrected chi connectivity index (χ0v) is 14.6. The van der Waals surface area contributed by atoms with Crippen LogP contribution in [0.2, 0.25) is 0 Å². The van der Waals surface area contributed by atoms with Gasteiger partial charge < -0.3 is 15.4 Å². The summed E-state index contributed by atoms with van der Waals surface area (Å²) in [6.07, 6.45) is -4.13. The second kappa shape index (κ2) is 9.07. The van der Waals surface area contributed by atoms with Crippen LogP contribution in [0.3, 0.4) is 0 Å². The highest BCUT2D eigenvalue weighted by Gasteiger charge is 2.38. The molecule has 0 aliphatic carbocycles. The Morgan fingerprint density at radius 3 is 2.33 bits per heavy atom. The summed E-state index contributed by atoms with van der Waals surface area (Å²) in [6.45, 7) is 0.234. The molecule has 0 saturated heterocycles. The van der Waals surface area contributed by atoms with E-state index in [4.69, 9.17) is 4.74 Å². The first kappa shape index (κ1) is 20.3. The van der Waals surface area contributed by atoms with Crippen molar-refractivity contribution in [1.29, 1.82) is 0 Å². The number of ether oxygens (including phenoxy) is 1. The Bertz CT molecular complexity index is 790. The third-order valence-electron chi connectivity index (χ3n) is 3.77. The van der Waals surface area contributed by atoms with E-state index in [0.29, 0.717) is 12.0 Å². The van der Waals surface area contributed by atoms with Gasteiger partial charge in [-0.15, -0.1) is 0 Å². The van der Waals surface area contributed by atoms with Crippen LogP contribution in [0.5, 0.6) is 5.75 Å². The molecular formula is C19H19F3N2O3. The van der Waals surface area contributed by atoms with Crippen LogP contribution in [-0.4, -0.2) is 25.1 Å². The zero-order chi connectivity index (χ0) is 19.9. The van der Waals surface area contributed by atoms with Gasteiger partial charge in [-0.2, -0.15) is 13.2 Å². The Morgan fingerprint density at radius 2 is 1.70 bits per heavy atom. The molecule has 0 heterocycles. The average Bonchev–Trinajstić information content (AvgIpc) is 2.65. The molecule has 0 fully saturated rings. The van der Waals surface area contributed by atoms with Crippen LogP contribution in [-0.2, 0) is 22.6 Å². The van der Waals surface area contributed by atoms with Crippen LogP contribution in [0.4, 0.5) is 18.9 Å². The molecule has 0 spiro atoms. The number of hydrogen-bond donors (Lipinski definition) is 2. The fourth-order valence-electron chi connectivity index (χ4n) is 2.35. The number of hydrogen-bond acceptors (Lipinski definition) is 3. The van der Waals surface area contributed by atoms with Crippen LogP contribution in [0.15, 0.2) is 48.5 Å². The van der Waals surface area contributed by atoms with E-state index in [-0.39, 0.29) is 24.6 Å². The number of nitrogens with one attached hydrogen (secondary N) is 2. The number of carbonyl (C=O) groups excluding carboxylic acids is 2. The topological polar surface area (TPSA) is 67.4 Å². The highest BCUT2D eigenvalue weighted by Crippen LogP contribution is 2.19. The molecule has 0 aliphatic heterocycles. The normalized spacial score (nSPS) is 11.0. The molecule has 0 unspecified atom stereocenters. The van der Waals surface area contributed by atoms with E-state index in [9.17, 15) is 22.8 Å². The summed E-state index contributed by atoms with van der Waals surface area (Å²) >= 11 is 0. The molecule has 2 amide bonds. The van der Waals surface area contributed by atoms with Crippen molar-refractivity contribution in [2.75, 3.05) is 12.4 Å². The molecule has 2 N–H and O–H groups in total. The van der Waals surface area contributed by atoms with Gasteiger partial charge in [-0.1, -0.05) is 30.3 Å². The predicted molar refractivity (Wildman–Crippen MR) is 94.3 cm³/mol. The molecule has 2 aromatic carbocycles. The van der Waals surface area contributed by atoms with Crippen LogP contribution in [0, 0.1) is 0 Å². The number of para-hydroxylation sites is 1. The number of alkyl halides is 3. The van der Waals surface area contributed by atoms with Crippen molar-refractivity contribution >= 4 is 17.5 Å². The number of rotatable bonds is 7. The molecular weight excluding hydrogens is 361 g/mol. The Kier molecular flexibility index (Phi) is 6.81.